The maximum Gasteiger partial charge on any atom is 0.338 e. The summed E-state index contributed by atoms with van der Waals surface area (Å²) in [7, 11) is 0. The van der Waals surface area contributed by atoms with Gasteiger partial charge >= 0.3 is 12.0 Å². The summed E-state index contributed by atoms with van der Waals surface area (Å²) in [5.41, 5.74) is 0.852. The number of carbonyl (C=O) groups is 2. The quantitative estimate of drug-likeness (QED) is 0.657. The van der Waals surface area contributed by atoms with Gasteiger partial charge in [-0.2, -0.15) is 0 Å². The van der Waals surface area contributed by atoms with E-state index in [9.17, 15) is 14.7 Å². The van der Waals surface area contributed by atoms with E-state index in [1.807, 2.05) is 0 Å². The second kappa shape index (κ2) is 7.55. The summed E-state index contributed by atoms with van der Waals surface area (Å²) in [6.45, 7) is 0.216. The van der Waals surface area contributed by atoms with Crippen molar-refractivity contribution in [2.75, 3.05) is 11.4 Å². The molecule has 2 aliphatic heterocycles. The average Bonchev–Trinajstić information content (AvgIpc) is 3.14. The first-order chi connectivity index (χ1) is 13.3. The number of amides is 2. The molecule has 0 spiro atoms. The number of aliphatic hydroxyl groups excluding tert-OH is 1. The van der Waals surface area contributed by atoms with E-state index in [1.165, 1.54) is 9.80 Å². The van der Waals surface area contributed by atoms with E-state index >= 15 is 0 Å². The number of carbonyl (C=O) groups excluding carboxylic acids is 2. The van der Waals surface area contributed by atoms with Gasteiger partial charge < -0.3 is 14.7 Å². The summed E-state index contributed by atoms with van der Waals surface area (Å²) in [4.78, 5) is 27.9. The lowest BCUT2D eigenvalue weighted by atomic mass is 10.1. The number of halogens is 3. The Morgan fingerprint density at radius 1 is 1.14 bits per heavy atom. The normalized spacial score (nSPS) is 23.9. The number of benzene rings is 2. The fraction of sp³-hybridized carbons (Fsp3) is 0.263. The van der Waals surface area contributed by atoms with Crippen LogP contribution in [0.2, 0.25) is 10.0 Å². The number of hydrogen-bond donors (Lipinski definition) is 1. The highest BCUT2D eigenvalue weighted by atomic mass is 79.9. The Bertz CT molecular complexity index is 920. The Morgan fingerprint density at radius 2 is 1.79 bits per heavy atom. The Balaban J connectivity index is 1.47. The summed E-state index contributed by atoms with van der Waals surface area (Å²) >= 11 is 15.3. The van der Waals surface area contributed by atoms with Crippen LogP contribution in [-0.4, -0.2) is 46.9 Å². The summed E-state index contributed by atoms with van der Waals surface area (Å²) in [5, 5.41) is 11.4. The SMILES string of the molecule is O=C(O[C@H]1CC2C(O)N(c3cc(Cl)cc(Cl)c3)C(=O)N2C1)c1ccc(Br)cc1. The molecule has 28 heavy (non-hydrogen) atoms. The third-order valence-corrected chi connectivity index (χ3v) is 5.81. The third-order valence-electron chi connectivity index (χ3n) is 4.84. The van der Waals surface area contributed by atoms with Crippen molar-refractivity contribution in [2.45, 2.75) is 24.8 Å². The van der Waals surface area contributed by atoms with Crippen molar-refractivity contribution in [3.63, 3.8) is 0 Å². The number of ether oxygens (including phenoxy) is 1. The van der Waals surface area contributed by atoms with E-state index in [0.717, 1.165) is 4.47 Å². The molecule has 9 heteroatoms. The minimum atomic E-state index is -1.08. The van der Waals surface area contributed by atoms with Gasteiger partial charge in [-0.25, -0.2) is 9.59 Å². The lowest BCUT2D eigenvalue weighted by Crippen LogP contribution is -2.38. The molecule has 0 bridgehead atoms. The molecule has 3 atom stereocenters. The Morgan fingerprint density at radius 3 is 2.39 bits per heavy atom. The molecular formula is C19H15BrCl2N2O4. The van der Waals surface area contributed by atoms with Crippen molar-refractivity contribution < 1.29 is 19.4 Å². The Kier molecular flexibility index (Phi) is 5.26. The highest BCUT2D eigenvalue weighted by Gasteiger charge is 2.51. The first-order valence-electron chi connectivity index (χ1n) is 8.54. The minimum absolute atomic E-state index is 0.216. The second-order valence-corrected chi connectivity index (χ2v) is 8.47. The lowest BCUT2D eigenvalue weighted by molar-refractivity contribution is 0.0316. The van der Waals surface area contributed by atoms with Gasteiger partial charge in [0.1, 0.15) is 6.10 Å². The second-order valence-electron chi connectivity index (χ2n) is 6.68. The summed E-state index contributed by atoms with van der Waals surface area (Å²) < 4.78 is 6.39. The number of fused-ring (bicyclic) bond motifs is 1. The first-order valence-corrected chi connectivity index (χ1v) is 10.1. The number of urea groups is 1. The van der Waals surface area contributed by atoms with Crippen LogP contribution in [-0.2, 0) is 4.74 Å². The van der Waals surface area contributed by atoms with Gasteiger partial charge in [-0.15, -0.1) is 0 Å². The van der Waals surface area contributed by atoms with Gasteiger partial charge in [0.2, 0.25) is 0 Å². The fourth-order valence-corrected chi connectivity index (χ4v) is 4.36. The van der Waals surface area contributed by atoms with Gasteiger partial charge in [0.25, 0.3) is 0 Å². The zero-order valence-electron chi connectivity index (χ0n) is 14.4. The standard InChI is InChI=1S/C19H15BrCl2N2O4/c20-11-3-1-10(2-4-11)18(26)28-15-8-16-17(25)24(19(27)23(16)9-15)14-6-12(21)5-13(22)7-14/h1-7,15-17,25H,8-9H2/t15-,16?,17?/m0/s1. The number of nitrogens with zero attached hydrogens (tertiary/aromatic N) is 2. The van der Waals surface area contributed by atoms with E-state index in [2.05, 4.69) is 15.9 Å². The fourth-order valence-electron chi connectivity index (χ4n) is 3.58. The highest BCUT2D eigenvalue weighted by molar-refractivity contribution is 9.10. The number of hydrogen-bond acceptors (Lipinski definition) is 4. The van der Waals surface area contributed by atoms with Gasteiger partial charge in [0.05, 0.1) is 23.8 Å². The predicted molar refractivity (Wildman–Crippen MR) is 109 cm³/mol. The van der Waals surface area contributed by atoms with E-state index in [4.69, 9.17) is 27.9 Å². The van der Waals surface area contributed by atoms with Gasteiger partial charge in [-0.05, 0) is 42.5 Å². The maximum atomic E-state index is 12.8. The van der Waals surface area contributed by atoms with Gasteiger partial charge in [0.15, 0.2) is 6.23 Å². The maximum absolute atomic E-state index is 12.8. The molecule has 2 saturated heterocycles. The molecule has 0 radical (unpaired) electrons. The zero-order valence-corrected chi connectivity index (χ0v) is 17.5. The summed E-state index contributed by atoms with van der Waals surface area (Å²) in [6.07, 6.45) is -1.22. The molecule has 146 valence electrons. The lowest BCUT2D eigenvalue weighted by Gasteiger charge is -2.23. The van der Waals surface area contributed by atoms with Crippen molar-refractivity contribution in [3.05, 3.63) is 62.5 Å². The van der Waals surface area contributed by atoms with Crippen LogP contribution in [0.1, 0.15) is 16.8 Å². The summed E-state index contributed by atoms with van der Waals surface area (Å²) in [5.74, 6) is -0.459. The number of aliphatic hydroxyl groups is 1. The predicted octanol–water partition coefficient (Wildman–Crippen LogP) is 4.31. The molecule has 2 aliphatic rings. The van der Waals surface area contributed by atoms with Crippen molar-refractivity contribution in [2.24, 2.45) is 0 Å². The van der Waals surface area contributed by atoms with Crippen LogP contribution in [0.5, 0.6) is 0 Å². The van der Waals surface area contributed by atoms with Gasteiger partial charge in [0, 0.05) is 20.9 Å². The molecule has 2 amide bonds. The molecule has 2 unspecified atom stereocenters. The molecule has 2 aromatic carbocycles. The van der Waals surface area contributed by atoms with Crippen LogP contribution in [0, 0.1) is 0 Å². The van der Waals surface area contributed by atoms with Crippen molar-refractivity contribution >= 4 is 56.8 Å². The molecule has 1 N–H and O–H groups in total. The topological polar surface area (TPSA) is 70.1 Å². The molecule has 4 rings (SSSR count). The highest BCUT2D eigenvalue weighted by Crippen LogP contribution is 2.37. The largest absolute Gasteiger partial charge is 0.457 e. The van der Waals surface area contributed by atoms with Crippen LogP contribution in [0.4, 0.5) is 10.5 Å². The molecule has 2 fully saturated rings. The smallest absolute Gasteiger partial charge is 0.338 e. The number of rotatable bonds is 3. The molecule has 0 aliphatic carbocycles. The molecule has 2 aromatic rings. The van der Waals surface area contributed by atoms with Crippen molar-refractivity contribution in [1.29, 1.82) is 0 Å². The van der Waals surface area contributed by atoms with Gasteiger partial charge in [-0.1, -0.05) is 39.1 Å². The van der Waals surface area contributed by atoms with E-state index in [1.54, 1.807) is 42.5 Å². The molecule has 0 saturated carbocycles. The zero-order chi connectivity index (χ0) is 20.0. The van der Waals surface area contributed by atoms with Crippen LogP contribution >= 0.6 is 39.1 Å². The Hall–Kier alpha value is -1.80. The van der Waals surface area contributed by atoms with Crippen LogP contribution in [0.15, 0.2) is 46.9 Å². The van der Waals surface area contributed by atoms with Crippen LogP contribution < -0.4 is 4.90 Å². The summed E-state index contributed by atoms with van der Waals surface area (Å²) in [6, 6.07) is 10.7. The first kappa shape index (κ1) is 19.5. The van der Waals surface area contributed by atoms with E-state index in [-0.39, 0.29) is 12.6 Å². The number of esters is 1. The van der Waals surface area contributed by atoms with Crippen molar-refractivity contribution in [1.82, 2.24) is 4.90 Å². The third kappa shape index (κ3) is 3.59. The monoisotopic (exact) mass is 484 g/mol. The Labute approximate surface area is 179 Å². The van der Waals surface area contributed by atoms with Crippen molar-refractivity contribution in [3.8, 4) is 0 Å². The minimum Gasteiger partial charge on any atom is -0.457 e. The number of anilines is 1. The average molecular weight is 486 g/mol. The van der Waals surface area contributed by atoms with E-state index in [0.29, 0.717) is 27.7 Å². The van der Waals surface area contributed by atoms with E-state index < -0.39 is 24.3 Å². The van der Waals surface area contributed by atoms with Crippen LogP contribution in [0.3, 0.4) is 0 Å². The molecule has 0 aromatic heterocycles. The molecule has 2 heterocycles. The molecular weight excluding hydrogens is 471 g/mol. The van der Waals surface area contributed by atoms with Gasteiger partial charge in [-0.3, -0.25) is 4.90 Å². The molecule has 6 nitrogen and oxygen atoms in total. The van der Waals surface area contributed by atoms with Crippen LogP contribution in [0.25, 0.3) is 0 Å².